The molecule has 1 atom stereocenters. The Morgan fingerprint density at radius 1 is 1.35 bits per heavy atom. The molecule has 2 N–H and O–H groups in total. The molecule has 1 aliphatic rings. The maximum atomic E-state index is 6.24. The standard InChI is InChI=1S/C15H19N3OS/c1-2-12(20-11-7-4-3-5-8-11)13-17-14(18-19-13)15(16)9-6-10-15/h3-5,7-8,12H,2,6,9-10,16H2,1H3. The highest BCUT2D eigenvalue weighted by molar-refractivity contribution is 7.99. The van der Waals surface area contributed by atoms with Gasteiger partial charge in [-0.3, -0.25) is 0 Å². The molecule has 0 saturated heterocycles. The van der Waals surface area contributed by atoms with E-state index >= 15 is 0 Å². The fourth-order valence-corrected chi connectivity index (χ4v) is 3.33. The van der Waals surface area contributed by atoms with Crippen molar-refractivity contribution in [3.63, 3.8) is 0 Å². The minimum atomic E-state index is -0.350. The number of hydrogen-bond acceptors (Lipinski definition) is 5. The molecule has 4 nitrogen and oxygen atoms in total. The maximum absolute atomic E-state index is 6.24. The molecule has 1 aromatic heterocycles. The van der Waals surface area contributed by atoms with Crippen molar-refractivity contribution in [3.05, 3.63) is 42.0 Å². The summed E-state index contributed by atoms with van der Waals surface area (Å²) in [4.78, 5) is 5.76. The fraction of sp³-hybridized carbons (Fsp3) is 0.467. The van der Waals surface area contributed by atoms with Crippen molar-refractivity contribution < 1.29 is 4.52 Å². The first kappa shape index (κ1) is 13.6. The molecule has 0 radical (unpaired) electrons. The minimum absolute atomic E-state index is 0.183. The van der Waals surface area contributed by atoms with Crippen molar-refractivity contribution in [3.8, 4) is 0 Å². The van der Waals surface area contributed by atoms with Crippen LogP contribution in [0.5, 0.6) is 0 Å². The molecular weight excluding hydrogens is 270 g/mol. The molecule has 106 valence electrons. The monoisotopic (exact) mass is 289 g/mol. The van der Waals surface area contributed by atoms with Crippen LogP contribution in [0.4, 0.5) is 0 Å². The van der Waals surface area contributed by atoms with E-state index in [0.29, 0.717) is 11.7 Å². The molecule has 1 saturated carbocycles. The van der Waals surface area contributed by atoms with Gasteiger partial charge in [-0.05, 0) is 37.8 Å². The van der Waals surface area contributed by atoms with Crippen LogP contribution in [0.15, 0.2) is 39.8 Å². The van der Waals surface area contributed by atoms with E-state index in [1.165, 1.54) is 4.90 Å². The zero-order valence-electron chi connectivity index (χ0n) is 11.6. The van der Waals surface area contributed by atoms with E-state index < -0.39 is 0 Å². The summed E-state index contributed by atoms with van der Waals surface area (Å²) in [6, 6.07) is 10.3. The van der Waals surface area contributed by atoms with E-state index in [4.69, 9.17) is 10.3 Å². The second-order valence-electron chi connectivity index (χ2n) is 5.29. The summed E-state index contributed by atoms with van der Waals surface area (Å²) in [5.41, 5.74) is 5.89. The third-order valence-electron chi connectivity index (χ3n) is 3.80. The molecule has 1 aliphatic carbocycles. The van der Waals surface area contributed by atoms with Gasteiger partial charge in [0.2, 0.25) is 5.89 Å². The average Bonchev–Trinajstić information content (AvgIpc) is 2.93. The van der Waals surface area contributed by atoms with Gasteiger partial charge in [-0.15, -0.1) is 11.8 Å². The maximum Gasteiger partial charge on any atom is 0.240 e. The summed E-state index contributed by atoms with van der Waals surface area (Å²) in [5, 5.41) is 4.28. The van der Waals surface area contributed by atoms with Gasteiger partial charge in [-0.25, -0.2) is 0 Å². The van der Waals surface area contributed by atoms with Gasteiger partial charge in [-0.1, -0.05) is 30.3 Å². The van der Waals surface area contributed by atoms with Gasteiger partial charge in [0.15, 0.2) is 5.82 Å². The lowest BCUT2D eigenvalue weighted by molar-refractivity contribution is 0.229. The normalized spacial score (nSPS) is 18.5. The molecule has 0 aliphatic heterocycles. The predicted molar refractivity (Wildman–Crippen MR) is 79.3 cm³/mol. The number of benzene rings is 1. The Morgan fingerprint density at radius 3 is 2.70 bits per heavy atom. The smallest absolute Gasteiger partial charge is 0.240 e. The van der Waals surface area contributed by atoms with Crippen LogP contribution >= 0.6 is 11.8 Å². The van der Waals surface area contributed by atoms with Crippen molar-refractivity contribution in [2.75, 3.05) is 0 Å². The first-order chi connectivity index (χ1) is 9.71. The van der Waals surface area contributed by atoms with Crippen LogP contribution in [0.1, 0.15) is 49.6 Å². The van der Waals surface area contributed by atoms with Crippen LogP contribution in [0.3, 0.4) is 0 Å². The zero-order valence-corrected chi connectivity index (χ0v) is 12.4. The highest BCUT2D eigenvalue weighted by Crippen LogP contribution is 2.40. The van der Waals surface area contributed by atoms with E-state index in [2.05, 4.69) is 29.2 Å². The topological polar surface area (TPSA) is 64.9 Å². The number of hydrogen-bond donors (Lipinski definition) is 1. The lowest BCUT2D eigenvalue weighted by Gasteiger charge is -2.34. The summed E-state index contributed by atoms with van der Waals surface area (Å²) in [6.45, 7) is 2.13. The van der Waals surface area contributed by atoms with Crippen molar-refractivity contribution in [2.24, 2.45) is 5.73 Å². The molecule has 1 aromatic carbocycles. The van der Waals surface area contributed by atoms with Crippen molar-refractivity contribution in [2.45, 2.75) is 48.3 Å². The fourth-order valence-electron chi connectivity index (χ4n) is 2.32. The highest BCUT2D eigenvalue weighted by atomic mass is 32.2. The molecular formula is C15H19N3OS. The average molecular weight is 289 g/mol. The van der Waals surface area contributed by atoms with Gasteiger partial charge in [-0.2, -0.15) is 4.98 Å². The van der Waals surface area contributed by atoms with Crippen LogP contribution in [-0.4, -0.2) is 10.1 Å². The largest absolute Gasteiger partial charge is 0.338 e. The predicted octanol–water partition coefficient (Wildman–Crippen LogP) is 3.65. The molecule has 0 bridgehead atoms. The van der Waals surface area contributed by atoms with Crippen LogP contribution in [-0.2, 0) is 5.54 Å². The summed E-state index contributed by atoms with van der Waals surface area (Å²) in [6.07, 6.45) is 4.00. The van der Waals surface area contributed by atoms with Crippen LogP contribution in [0.2, 0.25) is 0 Å². The third-order valence-corrected chi connectivity index (χ3v) is 5.16. The molecule has 0 amide bonds. The minimum Gasteiger partial charge on any atom is -0.338 e. The Morgan fingerprint density at radius 2 is 2.10 bits per heavy atom. The molecule has 1 heterocycles. The van der Waals surface area contributed by atoms with Gasteiger partial charge >= 0.3 is 0 Å². The molecule has 3 rings (SSSR count). The number of nitrogens with two attached hydrogens (primary N) is 1. The first-order valence-electron chi connectivity index (χ1n) is 7.06. The second-order valence-corrected chi connectivity index (χ2v) is 6.57. The number of nitrogens with zero attached hydrogens (tertiary/aromatic N) is 2. The van der Waals surface area contributed by atoms with Crippen LogP contribution < -0.4 is 5.73 Å². The Bertz CT molecular complexity index is 566. The summed E-state index contributed by atoms with van der Waals surface area (Å²) in [5.74, 6) is 1.36. The third kappa shape index (κ3) is 2.60. The highest BCUT2D eigenvalue weighted by Gasteiger charge is 2.39. The Labute approximate surface area is 123 Å². The van der Waals surface area contributed by atoms with Gasteiger partial charge in [0.1, 0.15) is 0 Å². The second kappa shape index (κ2) is 5.58. The number of aromatic nitrogens is 2. The summed E-state index contributed by atoms with van der Waals surface area (Å²) in [7, 11) is 0. The summed E-state index contributed by atoms with van der Waals surface area (Å²) >= 11 is 1.75. The van der Waals surface area contributed by atoms with Crippen molar-refractivity contribution in [1.82, 2.24) is 10.1 Å². The van der Waals surface area contributed by atoms with Crippen LogP contribution in [0.25, 0.3) is 0 Å². The Kier molecular flexibility index (Phi) is 3.81. The quantitative estimate of drug-likeness (QED) is 0.851. The molecule has 5 heteroatoms. The van der Waals surface area contributed by atoms with Gasteiger partial charge in [0, 0.05) is 4.90 Å². The molecule has 1 fully saturated rings. The van der Waals surface area contributed by atoms with E-state index in [0.717, 1.165) is 25.7 Å². The van der Waals surface area contributed by atoms with E-state index in [1.54, 1.807) is 11.8 Å². The number of rotatable bonds is 5. The molecule has 1 unspecified atom stereocenters. The Balaban J connectivity index is 1.76. The lowest BCUT2D eigenvalue weighted by atomic mass is 9.77. The van der Waals surface area contributed by atoms with Gasteiger partial charge in [0.05, 0.1) is 10.8 Å². The van der Waals surface area contributed by atoms with E-state index in [1.807, 2.05) is 18.2 Å². The molecule has 2 aromatic rings. The number of thioether (sulfide) groups is 1. The molecule has 0 spiro atoms. The lowest BCUT2D eigenvalue weighted by Crippen LogP contribution is -2.44. The summed E-state index contributed by atoms with van der Waals surface area (Å²) < 4.78 is 5.45. The van der Waals surface area contributed by atoms with Crippen molar-refractivity contribution in [1.29, 1.82) is 0 Å². The Hall–Kier alpha value is -1.33. The van der Waals surface area contributed by atoms with Crippen molar-refractivity contribution >= 4 is 11.8 Å². The molecule has 20 heavy (non-hydrogen) atoms. The van der Waals surface area contributed by atoms with E-state index in [-0.39, 0.29) is 10.8 Å². The van der Waals surface area contributed by atoms with Crippen LogP contribution in [0, 0.1) is 0 Å². The van der Waals surface area contributed by atoms with Gasteiger partial charge in [0.25, 0.3) is 0 Å². The van der Waals surface area contributed by atoms with E-state index in [9.17, 15) is 0 Å². The first-order valence-corrected chi connectivity index (χ1v) is 7.94. The zero-order chi connectivity index (χ0) is 14.0. The van der Waals surface area contributed by atoms with Gasteiger partial charge < -0.3 is 10.3 Å². The SMILES string of the molecule is CCC(Sc1ccccc1)c1nc(C2(N)CCC2)no1.